The van der Waals surface area contributed by atoms with Crippen LogP contribution in [0.5, 0.6) is 0 Å². The molecule has 1 saturated heterocycles. The maximum Gasteiger partial charge on any atom is 0.256 e. The van der Waals surface area contributed by atoms with Crippen molar-refractivity contribution < 1.29 is 4.79 Å². The number of hydrogen-bond donors (Lipinski definition) is 1. The number of carbonyl (C=O) groups is 1. The van der Waals surface area contributed by atoms with E-state index in [2.05, 4.69) is 31.5 Å². The van der Waals surface area contributed by atoms with Gasteiger partial charge >= 0.3 is 0 Å². The van der Waals surface area contributed by atoms with Gasteiger partial charge in [-0.05, 0) is 23.6 Å². The Morgan fingerprint density at radius 3 is 2.89 bits per heavy atom. The highest BCUT2D eigenvalue weighted by molar-refractivity contribution is 6.34. The molecule has 1 N–H and O–H groups in total. The van der Waals surface area contributed by atoms with Gasteiger partial charge in [0.1, 0.15) is 0 Å². The fourth-order valence-corrected chi connectivity index (χ4v) is 3.08. The second-order valence-electron chi connectivity index (χ2n) is 4.61. The fraction of sp³-hybridized carbons (Fsp3) is 0.400. The van der Waals surface area contributed by atoms with Gasteiger partial charge in [-0.2, -0.15) is 0 Å². The number of benzene rings is 1. The molecule has 19 heavy (non-hydrogen) atoms. The highest BCUT2D eigenvalue weighted by Gasteiger charge is 2.39. The molecule has 102 valence electrons. The lowest BCUT2D eigenvalue weighted by molar-refractivity contribution is 0.0691. The predicted octanol–water partition coefficient (Wildman–Crippen LogP) is 2.80. The monoisotopic (exact) mass is 278 g/mol. The molecule has 0 aromatic heterocycles. The number of fused-ring (bicyclic) bond motifs is 3. The number of aryl methyl sites for hydroxylation is 1. The van der Waals surface area contributed by atoms with Crippen molar-refractivity contribution in [2.75, 3.05) is 19.6 Å². The summed E-state index contributed by atoms with van der Waals surface area (Å²) in [6, 6.07) is 4.23. The van der Waals surface area contributed by atoms with Crippen LogP contribution in [-0.2, 0) is 6.42 Å². The summed E-state index contributed by atoms with van der Waals surface area (Å²) in [5.41, 5.74) is 3.03. The van der Waals surface area contributed by atoms with E-state index < -0.39 is 0 Å². The van der Waals surface area contributed by atoms with Gasteiger partial charge in [0.05, 0.1) is 16.6 Å². The average Bonchev–Trinajstić information content (AvgIpc) is 2.75. The predicted molar refractivity (Wildman–Crippen MR) is 78.7 cm³/mol. The lowest BCUT2D eigenvalue weighted by atomic mass is 9.99. The molecule has 0 radical (unpaired) electrons. The molecular weight excluding hydrogens is 260 g/mol. The third kappa shape index (κ3) is 2.28. The SMILES string of the molecule is C=C.CCc1cc(Cl)c2c(c1)C1CNCCN1C2=O. The van der Waals surface area contributed by atoms with Crippen molar-refractivity contribution in [2.24, 2.45) is 0 Å². The van der Waals surface area contributed by atoms with Crippen LogP contribution in [0.3, 0.4) is 0 Å². The van der Waals surface area contributed by atoms with Gasteiger partial charge in [0.2, 0.25) is 0 Å². The zero-order valence-corrected chi connectivity index (χ0v) is 12.0. The Hall–Kier alpha value is -1.32. The zero-order chi connectivity index (χ0) is 14.0. The van der Waals surface area contributed by atoms with E-state index in [0.29, 0.717) is 5.02 Å². The van der Waals surface area contributed by atoms with Crippen LogP contribution in [0.15, 0.2) is 25.3 Å². The van der Waals surface area contributed by atoms with E-state index in [1.54, 1.807) is 0 Å². The number of halogens is 1. The summed E-state index contributed by atoms with van der Waals surface area (Å²) in [7, 11) is 0. The van der Waals surface area contributed by atoms with E-state index in [9.17, 15) is 4.79 Å². The quantitative estimate of drug-likeness (QED) is 0.801. The first-order valence-electron chi connectivity index (χ1n) is 6.56. The van der Waals surface area contributed by atoms with Crippen molar-refractivity contribution in [2.45, 2.75) is 19.4 Å². The molecule has 0 spiro atoms. The Labute approximate surface area is 119 Å². The van der Waals surface area contributed by atoms with Crippen molar-refractivity contribution in [1.29, 1.82) is 0 Å². The first-order chi connectivity index (χ1) is 9.22. The summed E-state index contributed by atoms with van der Waals surface area (Å²) < 4.78 is 0. The van der Waals surface area contributed by atoms with Crippen molar-refractivity contribution in [3.05, 3.63) is 47.0 Å². The van der Waals surface area contributed by atoms with Crippen LogP contribution in [0, 0.1) is 0 Å². The number of nitrogens with one attached hydrogen (secondary N) is 1. The number of piperazine rings is 1. The molecule has 3 nitrogen and oxygen atoms in total. The molecule has 2 heterocycles. The minimum Gasteiger partial charge on any atom is -0.329 e. The molecule has 1 amide bonds. The van der Waals surface area contributed by atoms with Gasteiger partial charge in [0.15, 0.2) is 0 Å². The molecule has 1 aromatic rings. The molecule has 1 atom stereocenters. The molecule has 1 aromatic carbocycles. The largest absolute Gasteiger partial charge is 0.329 e. The Morgan fingerprint density at radius 1 is 1.47 bits per heavy atom. The number of amides is 1. The van der Waals surface area contributed by atoms with Crippen molar-refractivity contribution in [3.63, 3.8) is 0 Å². The average molecular weight is 279 g/mol. The molecule has 1 unspecified atom stereocenters. The maximum atomic E-state index is 12.3. The molecule has 2 aliphatic rings. The smallest absolute Gasteiger partial charge is 0.256 e. The van der Waals surface area contributed by atoms with Crippen molar-refractivity contribution >= 4 is 17.5 Å². The van der Waals surface area contributed by atoms with E-state index >= 15 is 0 Å². The Kier molecular flexibility index (Phi) is 4.27. The Bertz CT molecular complexity index is 501. The van der Waals surface area contributed by atoms with Crippen molar-refractivity contribution in [1.82, 2.24) is 10.2 Å². The summed E-state index contributed by atoms with van der Waals surface area (Å²) in [6.45, 7) is 10.6. The second kappa shape index (κ2) is 5.76. The molecular formula is C15H19ClN2O. The summed E-state index contributed by atoms with van der Waals surface area (Å²) in [4.78, 5) is 14.2. The third-order valence-electron chi connectivity index (χ3n) is 3.67. The van der Waals surface area contributed by atoms with Crippen LogP contribution in [0.4, 0.5) is 0 Å². The Balaban J connectivity index is 0.000000637. The van der Waals surface area contributed by atoms with Gasteiger partial charge in [-0.3, -0.25) is 4.79 Å². The second-order valence-corrected chi connectivity index (χ2v) is 5.02. The number of rotatable bonds is 1. The molecule has 0 saturated carbocycles. The van der Waals surface area contributed by atoms with Crippen LogP contribution in [0.1, 0.15) is 34.5 Å². The standard InChI is InChI=1S/C13H15ClN2O.C2H4/c1-2-8-5-9-11-7-15-3-4-16(11)13(17)12(9)10(14)6-8;1-2/h5-6,11,15H,2-4,7H2,1H3;1-2H2. The van der Waals surface area contributed by atoms with Crippen LogP contribution >= 0.6 is 11.6 Å². The van der Waals surface area contributed by atoms with Gasteiger partial charge in [-0.25, -0.2) is 0 Å². The van der Waals surface area contributed by atoms with Gasteiger partial charge in [0, 0.05) is 19.6 Å². The Morgan fingerprint density at radius 2 is 2.21 bits per heavy atom. The minimum absolute atomic E-state index is 0.0964. The van der Waals surface area contributed by atoms with E-state index in [1.165, 1.54) is 5.56 Å². The molecule has 2 aliphatic heterocycles. The fourth-order valence-electron chi connectivity index (χ4n) is 2.75. The number of carbonyl (C=O) groups excluding carboxylic acids is 1. The topological polar surface area (TPSA) is 32.3 Å². The number of hydrogen-bond acceptors (Lipinski definition) is 2. The van der Waals surface area contributed by atoms with Crippen LogP contribution in [-0.4, -0.2) is 30.4 Å². The lowest BCUT2D eigenvalue weighted by Gasteiger charge is -2.30. The molecule has 0 aliphatic carbocycles. The molecule has 0 bridgehead atoms. The molecule has 4 heteroatoms. The van der Waals surface area contributed by atoms with E-state index in [0.717, 1.165) is 37.2 Å². The molecule has 3 rings (SSSR count). The van der Waals surface area contributed by atoms with E-state index in [-0.39, 0.29) is 11.9 Å². The number of nitrogens with zero attached hydrogens (tertiary/aromatic N) is 1. The van der Waals surface area contributed by atoms with Crippen molar-refractivity contribution in [3.8, 4) is 0 Å². The first-order valence-corrected chi connectivity index (χ1v) is 6.94. The molecule has 1 fully saturated rings. The summed E-state index contributed by atoms with van der Waals surface area (Å²) in [6.07, 6.45) is 0.946. The summed E-state index contributed by atoms with van der Waals surface area (Å²) in [5, 5.41) is 3.95. The summed E-state index contributed by atoms with van der Waals surface area (Å²) in [5.74, 6) is 0.0964. The maximum absolute atomic E-state index is 12.3. The van der Waals surface area contributed by atoms with E-state index in [1.807, 2.05) is 11.0 Å². The third-order valence-corrected chi connectivity index (χ3v) is 3.96. The van der Waals surface area contributed by atoms with Gasteiger partial charge in [0.25, 0.3) is 5.91 Å². The highest BCUT2D eigenvalue weighted by atomic mass is 35.5. The van der Waals surface area contributed by atoms with Crippen LogP contribution in [0.25, 0.3) is 0 Å². The van der Waals surface area contributed by atoms with Gasteiger partial charge in [-0.1, -0.05) is 24.6 Å². The normalized spacial score (nSPS) is 20.4. The minimum atomic E-state index is 0.0964. The first kappa shape index (κ1) is 14.1. The zero-order valence-electron chi connectivity index (χ0n) is 11.2. The lowest BCUT2D eigenvalue weighted by Crippen LogP contribution is -2.44. The van der Waals surface area contributed by atoms with Gasteiger partial charge < -0.3 is 10.2 Å². The van der Waals surface area contributed by atoms with E-state index in [4.69, 9.17) is 11.6 Å². The summed E-state index contributed by atoms with van der Waals surface area (Å²) >= 11 is 6.25. The van der Waals surface area contributed by atoms with Gasteiger partial charge in [-0.15, -0.1) is 13.2 Å². The van der Waals surface area contributed by atoms with Crippen LogP contribution < -0.4 is 5.32 Å². The highest BCUT2D eigenvalue weighted by Crippen LogP contribution is 2.38. The van der Waals surface area contributed by atoms with Crippen LogP contribution in [0.2, 0.25) is 5.02 Å².